The highest BCUT2D eigenvalue weighted by molar-refractivity contribution is 5.26. The van der Waals surface area contributed by atoms with Crippen molar-refractivity contribution < 1.29 is 0 Å². The van der Waals surface area contributed by atoms with Crippen molar-refractivity contribution in [3.63, 3.8) is 0 Å². The predicted octanol–water partition coefficient (Wildman–Crippen LogP) is 4.67. The SMILES string of the molecule is CCCCCN(C(C)C)C(c1cccc(C)c1)C(N)CC. The first-order chi connectivity index (χ1) is 10.0. The van der Waals surface area contributed by atoms with Crippen molar-refractivity contribution in [1.29, 1.82) is 0 Å². The fourth-order valence-electron chi connectivity index (χ4n) is 3.02. The summed E-state index contributed by atoms with van der Waals surface area (Å²) in [6, 6.07) is 9.89. The molecule has 1 aromatic rings. The second kappa shape index (κ2) is 9.22. The molecular formula is C19H34N2. The first-order valence-corrected chi connectivity index (χ1v) is 8.59. The molecule has 1 rings (SSSR count). The molecule has 2 atom stereocenters. The Morgan fingerprint density at radius 3 is 2.38 bits per heavy atom. The van der Waals surface area contributed by atoms with Crippen LogP contribution >= 0.6 is 0 Å². The minimum atomic E-state index is 0.191. The molecule has 2 unspecified atom stereocenters. The highest BCUT2D eigenvalue weighted by Crippen LogP contribution is 2.28. The van der Waals surface area contributed by atoms with Gasteiger partial charge in [0.2, 0.25) is 0 Å². The van der Waals surface area contributed by atoms with E-state index in [1.165, 1.54) is 30.4 Å². The van der Waals surface area contributed by atoms with E-state index in [0.29, 0.717) is 12.1 Å². The first-order valence-electron chi connectivity index (χ1n) is 8.59. The number of nitrogens with two attached hydrogens (primary N) is 1. The maximum absolute atomic E-state index is 6.50. The topological polar surface area (TPSA) is 29.3 Å². The van der Waals surface area contributed by atoms with Gasteiger partial charge in [0.25, 0.3) is 0 Å². The van der Waals surface area contributed by atoms with Crippen LogP contribution in [0.1, 0.15) is 70.5 Å². The van der Waals surface area contributed by atoms with Crippen LogP contribution in [0.5, 0.6) is 0 Å². The summed E-state index contributed by atoms with van der Waals surface area (Å²) in [5, 5.41) is 0. The van der Waals surface area contributed by atoms with Crippen molar-refractivity contribution in [3.8, 4) is 0 Å². The van der Waals surface area contributed by atoms with Crippen LogP contribution in [-0.4, -0.2) is 23.5 Å². The van der Waals surface area contributed by atoms with Crippen molar-refractivity contribution in [2.45, 2.75) is 78.4 Å². The van der Waals surface area contributed by atoms with Crippen molar-refractivity contribution in [1.82, 2.24) is 4.90 Å². The quantitative estimate of drug-likeness (QED) is 0.669. The molecule has 0 aliphatic heterocycles. The van der Waals surface area contributed by atoms with Crippen LogP contribution in [0.25, 0.3) is 0 Å². The zero-order chi connectivity index (χ0) is 15.8. The smallest absolute Gasteiger partial charge is 0.0501 e. The third kappa shape index (κ3) is 5.44. The van der Waals surface area contributed by atoms with E-state index in [2.05, 4.69) is 63.8 Å². The number of benzene rings is 1. The zero-order valence-electron chi connectivity index (χ0n) is 14.6. The van der Waals surface area contributed by atoms with Gasteiger partial charge in [-0.1, -0.05) is 56.5 Å². The minimum absolute atomic E-state index is 0.191. The number of hydrogen-bond acceptors (Lipinski definition) is 2. The highest BCUT2D eigenvalue weighted by Gasteiger charge is 2.27. The summed E-state index contributed by atoms with van der Waals surface area (Å²) in [5.41, 5.74) is 9.19. The van der Waals surface area contributed by atoms with Gasteiger partial charge in [-0.25, -0.2) is 0 Å². The van der Waals surface area contributed by atoms with Gasteiger partial charge >= 0.3 is 0 Å². The number of hydrogen-bond donors (Lipinski definition) is 1. The fraction of sp³-hybridized carbons (Fsp3) is 0.684. The van der Waals surface area contributed by atoms with Crippen LogP contribution < -0.4 is 5.73 Å². The number of nitrogens with zero attached hydrogens (tertiary/aromatic N) is 1. The van der Waals surface area contributed by atoms with Gasteiger partial charge < -0.3 is 5.73 Å². The first kappa shape index (κ1) is 18.2. The molecule has 0 fully saturated rings. The molecule has 2 N–H and O–H groups in total. The Hall–Kier alpha value is -0.860. The largest absolute Gasteiger partial charge is 0.326 e. The molecule has 0 amide bonds. The monoisotopic (exact) mass is 290 g/mol. The Kier molecular flexibility index (Phi) is 7.98. The lowest BCUT2D eigenvalue weighted by Crippen LogP contribution is -2.44. The second-order valence-corrected chi connectivity index (χ2v) is 6.47. The van der Waals surface area contributed by atoms with Crippen molar-refractivity contribution >= 4 is 0 Å². The average Bonchev–Trinajstić information content (AvgIpc) is 2.45. The molecule has 0 radical (unpaired) electrons. The van der Waals surface area contributed by atoms with Crippen LogP contribution in [0.3, 0.4) is 0 Å². The van der Waals surface area contributed by atoms with Gasteiger partial charge in [0, 0.05) is 12.1 Å². The molecule has 1 aromatic carbocycles. The standard InChI is InChI=1S/C19H34N2/c1-6-8-9-13-21(15(3)4)19(18(20)7-2)17-12-10-11-16(5)14-17/h10-12,14-15,18-19H,6-9,13,20H2,1-5H3. The molecule has 0 saturated carbocycles. The summed E-state index contributed by atoms with van der Waals surface area (Å²) in [7, 11) is 0. The Bertz CT molecular complexity index is 400. The van der Waals surface area contributed by atoms with E-state index in [-0.39, 0.29) is 6.04 Å². The highest BCUT2D eigenvalue weighted by atomic mass is 15.2. The van der Waals surface area contributed by atoms with Crippen LogP contribution in [-0.2, 0) is 0 Å². The van der Waals surface area contributed by atoms with Crippen LogP contribution in [0.15, 0.2) is 24.3 Å². The molecule has 2 nitrogen and oxygen atoms in total. The molecule has 21 heavy (non-hydrogen) atoms. The summed E-state index contributed by atoms with van der Waals surface area (Å²) in [5.74, 6) is 0. The van der Waals surface area contributed by atoms with E-state index >= 15 is 0 Å². The Morgan fingerprint density at radius 1 is 1.14 bits per heavy atom. The van der Waals surface area contributed by atoms with Gasteiger partial charge in [-0.3, -0.25) is 4.90 Å². The molecule has 0 heterocycles. The maximum Gasteiger partial charge on any atom is 0.0501 e. The van der Waals surface area contributed by atoms with Crippen molar-refractivity contribution in [2.75, 3.05) is 6.54 Å². The van der Waals surface area contributed by atoms with Gasteiger partial charge in [-0.05, 0) is 45.7 Å². The van der Waals surface area contributed by atoms with Gasteiger partial charge in [-0.2, -0.15) is 0 Å². The van der Waals surface area contributed by atoms with Crippen LogP contribution in [0, 0.1) is 6.92 Å². The molecule has 120 valence electrons. The average molecular weight is 290 g/mol. The van der Waals surface area contributed by atoms with Gasteiger partial charge in [0.1, 0.15) is 0 Å². The number of aryl methyl sites for hydroxylation is 1. The molecule has 0 bridgehead atoms. The molecule has 2 heteroatoms. The summed E-state index contributed by atoms with van der Waals surface area (Å²) in [4.78, 5) is 2.60. The molecule has 0 spiro atoms. The van der Waals surface area contributed by atoms with Crippen LogP contribution in [0.4, 0.5) is 0 Å². The zero-order valence-corrected chi connectivity index (χ0v) is 14.6. The van der Waals surface area contributed by atoms with E-state index < -0.39 is 0 Å². The molecule has 0 aliphatic carbocycles. The van der Waals surface area contributed by atoms with Crippen molar-refractivity contribution in [3.05, 3.63) is 35.4 Å². The van der Waals surface area contributed by atoms with E-state index in [0.717, 1.165) is 13.0 Å². The van der Waals surface area contributed by atoms with E-state index in [1.807, 2.05) is 0 Å². The normalized spacial score (nSPS) is 14.7. The summed E-state index contributed by atoms with van der Waals surface area (Å²) >= 11 is 0. The number of rotatable bonds is 9. The molecule has 0 aromatic heterocycles. The molecule has 0 saturated heterocycles. The van der Waals surface area contributed by atoms with E-state index in [4.69, 9.17) is 5.73 Å². The van der Waals surface area contributed by atoms with Gasteiger partial charge in [-0.15, -0.1) is 0 Å². The van der Waals surface area contributed by atoms with Gasteiger partial charge in [0.05, 0.1) is 6.04 Å². The van der Waals surface area contributed by atoms with Gasteiger partial charge in [0.15, 0.2) is 0 Å². The summed E-state index contributed by atoms with van der Waals surface area (Å²) in [6.45, 7) is 12.3. The Morgan fingerprint density at radius 2 is 1.86 bits per heavy atom. The lowest BCUT2D eigenvalue weighted by molar-refractivity contribution is 0.127. The second-order valence-electron chi connectivity index (χ2n) is 6.47. The lowest BCUT2D eigenvalue weighted by Gasteiger charge is -2.38. The summed E-state index contributed by atoms with van der Waals surface area (Å²) < 4.78 is 0. The predicted molar refractivity (Wildman–Crippen MR) is 93.6 cm³/mol. The molecular weight excluding hydrogens is 256 g/mol. The molecule has 0 aliphatic rings. The Labute approximate surface area is 131 Å². The third-order valence-electron chi connectivity index (χ3n) is 4.30. The van der Waals surface area contributed by atoms with E-state index in [9.17, 15) is 0 Å². The maximum atomic E-state index is 6.50. The van der Waals surface area contributed by atoms with E-state index in [1.54, 1.807) is 0 Å². The lowest BCUT2D eigenvalue weighted by atomic mass is 9.93. The Balaban J connectivity index is 3.02. The van der Waals surface area contributed by atoms with Crippen LogP contribution in [0.2, 0.25) is 0 Å². The fourth-order valence-corrected chi connectivity index (χ4v) is 3.02. The van der Waals surface area contributed by atoms with Crippen molar-refractivity contribution in [2.24, 2.45) is 5.73 Å². The number of unbranched alkanes of at least 4 members (excludes halogenated alkanes) is 2. The summed E-state index contributed by atoms with van der Waals surface area (Å²) in [6.07, 6.45) is 4.83. The minimum Gasteiger partial charge on any atom is -0.326 e. The third-order valence-corrected chi connectivity index (χ3v) is 4.30.